The van der Waals surface area contributed by atoms with E-state index in [0.717, 1.165) is 11.6 Å². The summed E-state index contributed by atoms with van der Waals surface area (Å²) in [6, 6.07) is 0. The second-order valence-electron chi connectivity index (χ2n) is 1.50. The molecular formula is C6H6ClN. The predicted molar refractivity (Wildman–Crippen MR) is 34.3 cm³/mol. The molecule has 0 atom stereocenters. The number of halogens is 1. The highest BCUT2D eigenvalue weighted by molar-refractivity contribution is 6.29. The summed E-state index contributed by atoms with van der Waals surface area (Å²) in [6.07, 6.45) is 2.46. The molecule has 1 heterocycles. The van der Waals surface area contributed by atoms with Gasteiger partial charge < -0.3 is 5.32 Å². The second-order valence-corrected chi connectivity index (χ2v) is 1.99. The Morgan fingerprint density at radius 3 is 3.38 bits per heavy atom. The smallest absolute Gasteiger partial charge is 0.0761 e. The third-order valence-corrected chi connectivity index (χ3v) is 1.07. The molecule has 42 valence electrons. The summed E-state index contributed by atoms with van der Waals surface area (Å²) in [4.78, 5) is 0. The molecule has 2 heteroatoms. The van der Waals surface area contributed by atoms with Crippen LogP contribution >= 0.6 is 11.6 Å². The Morgan fingerprint density at radius 2 is 2.50 bits per heavy atom. The van der Waals surface area contributed by atoms with Crippen molar-refractivity contribution in [1.29, 1.82) is 0 Å². The molecule has 0 fully saturated rings. The lowest BCUT2D eigenvalue weighted by Gasteiger charge is -1.88. The van der Waals surface area contributed by atoms with Gasteiger partial charge in [-0.15, -0.1) is 0 Å². The minimum absolute atomic E-state index is 0.689. The van der Waals surface area contributed by atoms with Gasteiger partial charge >= 0.3 is 0 Å². The van der Waals surface area contributed by atoms with Crippen LogP contribution in [0.25, 0.3) is 0 Å². The largest absolute Gasteiger partial charge is 0.379 e. The van der Waals surface area contributed by atoms with E-state index in [9.17, 15) is 0 Å². The first kappa shape index (κ1) is 5.53. The van der Waals surface area contributed by atoms with Gasteiger partial charge in [0.15, 0.2) is 0 Å². The normalized spacial score (nSPS) is 16.9. The summed E-state index contributed by atoms with van der Waals surface area (Å²) in [5, 5.41) is 3.72. The minimum atomic E-state index is 0.689. The molecule has 0 aliphatic carbocycles. The highest BCUT2D eigenvalue weighted by Gasteiger charge is 1.88. The number of rotatable bonds is 0. The number of hydrogen-bond donors (Lipinski definition) is 1. The summed E-state index contributed by atoms with van der Waals surface area (Å²) in [5.41, 5.74) is 0. The van der Waals surface area contributed by atoms with Gasteiger partial charge in [-0.2, -0.15) is 0 Å². The van der Waals surface area contributed by atoms with E-state index in [2.05, 4.69) is 17.2 Å². The van der Waals surface area contributed by atoms with Crippen molar-refractivity contribution in [2.45, 2.75) is 6.42 Å². The predicted octanol–water partition coefficient (Wildman–Crippen LogP) is 1.06. The molecule has 0 spiro atoms. The second kappa shape index (κ2) is 2.64. The highest BCUT2D eigenvalue weighted by Crippen LogP contribution is 2.04. The first-order chi connectivity index (χ1) is 3.89. The maximum absolute atomic E-state index is 5.62. The van der Waals surface area contributed by atoms with E-state index >= 15 is 0 Å². The average Bonchev–Trinajstić information content (AvgIpc) is 1.94. The first-order valence-electron chi connectivity index (χ1n) is 2.43. The molecule has 1 nitrogen and oxygen atoms in total. The van der Waals surface area contributed by atoms with E-state index in [0.29, 0.717) is 6.42 Å². The van der Waals surface area contributed by atoms with Crippen molar-refractivity contribution < 1.29 is 0 Å². The molecule has 0 aromatic rings. The molecule has 1 rings (SSSR count). The fraction of sp³-hybridized carbons (Fsp3) is 0.333. The fourth-order valence-corrected chi connectivity index (χ4v) is 0.617. The molecule has 0 amide bonds. The fourth-order valence-electron chi connectivity index (χ4n) is 0.473. The van der Waals surface area contributed by atoms with Crippen LogP contribution in [0.3, 0.4) is 0 Å². The van der Waals surface area contributed by atoms with Crippen LogP contribution in [0.2, 0.25) is 0 Å². The molecule has 8 heavy (non-hydrogen) atoms. The highest BCUT2D eigenvalue weighted by atomic mass is 35.5. The Balaban J connectivity index is 2.57. The summed E-state index contributed by atoms with van der Waals surface area (Å²) in [5.74, 6) is 5.76. The monoisotopic (exact) mass is 127 g/mol. The van der Waals surface area contributed by atoms with Gasteiger partial charge in [0.25, 0.3) is 0 Å². The Labute approximate surface area is 53.7 Å². The van der Waals surface area contributed by atoms with Crippen LogP contribution in [-0.2, 0) is 0 Å². The Hall–Kier alpha value is -0.610. The summed E-state index contributed by atoms with van der Waals surface area (Å²) in [7, 11) is 0. The maximum Gasteiger partial charge on any atom is 0.0761 e. The molecular weight excluding hydrogens is 122 g/mol. The van der Waals surface area contributed by atoms with Crippen molar-refractivity contribution in [3.05, 3.63) is 11.2 Å². The van der Waals surface area contributed by atoms with Crippen LogP contribution in [0.1, 0.15) is 6.42 Å². The molecule has 0 saturated heterocycles. The van der Waals surface area contributed by atoms with Crippen molar-refractivity contribution in [1.82, 2.24) is 5.32 Å². The van der Waals surface area contributed by atoms with Gasteiger partial charge in [0.2, 0.25) is 0 Å². The van der Waals surface area contributed by atoms with Crippen molar-refractivity contribution >= 4 is 11.6 Å². The van der Waals surface area contributed by atoms with E-state index < -0.39 is 0 Å². The van der Waals surface area contributed by atoms with E-state index in [1.54, 1.807) is 6.20 Å². The third kappa shape index (κ3) is 1.48. The van der Waals surface area contributed by atoms with Crippen molar-refractivity contribution in [3.63, 3.8) is 0 Å². The maximum atomic E-state index is 5.62. The molecule has 0 unspecified atom stereocenters. The average molecular weight is 128 g/mol. The van der Waals surface area contributed by atoms with Gasteiger partial charge in [-0.25, -0.2) is 0 Å². The quantitative estimate of drug-likeness (QED) is 0.480. The van der Waals surface area contributed by atoms with Crippen LogP contribution in [0.15, 0.2) is 11.2 Å². The lowest BCUT2D eigenvalue weighted by Crippen LogP contribution is -2.02. The van der Waals surface area contributed by atoms with Crippen molar-refractivity contribution in [3.8, 4) is 11.8 Å². The van der Waals surface area contributed by atoms with Crippen LogP contribution in [0.5, 0.6) is 0 Å². The van der Waals surface area contributed by atoms with Crippen molar-refractivity contribution in [2.75, 3.05) is 6.54 Å². The van der Waals surface area contributed by atoms with Gasteiger partial charge in [0, 0.05) is 17.7 Å². The van der Waals surface area contributed by atoms with E-state index in [-0.39, 0.29) is 0 Å². The minimum Gasteiger partial charge on any atom is -0.379 e. The molecule has 1 aliphatic heterocycles. The standard InChI is InChI=1S/C6H6ClN/c7-6-3-1-2-4-8-5-6/h5,8H,3-4H2. The van der Waals surface area contributed by atoms with Gasteiger partial charge in [-0.05, 0) is 0 Å². The molecule has 1 aliphatic rings. The Morgan fingerprint density at radius 1 is 1.62 bits per heavy atom. The van der Waals surface area contributed by atoms with E-state index in [1.807, 2.05) is 0 Å². The van der Waals surface area contributed by atoms with Gasteiger partial charge in [-0.3, -0.25) is 0 Å². The Kier molecular flexibility index (Phi) is 1.82. The molecule has 0 aromatic heterocycles. The lowest BCUT2D eigenvalue weighted by atomic mass is 10.4. The third-order valence-electron chi connectivity index (χ3n) is 0.831. The molecule has 0 bridgehead atoms. The van der Waals surface area contributed by atoms with E-state index in [1.165, 1.54) is 0 Å². The zero-order valence-electron chi connectivity index (χ0n) is 4.37. The van der Waals surface area contributed by atoms with Crippen molar-refractivity contribution in [2.24, 2.45) is 0 Å². The van der Waals surface area contributed by atoms with Crippen LogP contribution in [0, 0.1) is 11.8 Å². The summed E-state index contributed by atoms with van der Waals surface area (Å²) < 4.78 is 0. The van der Waals surface area contributed by atoms with E-state index in [4.69, 9.17) is 11.6 Å². The molecule has 1 N–H and O–H groups in total. The summed E-state index contributed by atoms with van der Waals surface area (Å²) >= 11 is 5.62. The van der Waals surface area contributed by atoms with Crippen LogP contribution < -0.4 is 5.32 Å². The SMILES string of the molecule is ClC1=CNCC#CC1. The topological polar surface area (TPSA) is 12.0 Å². The first-order valence-corrected chi connectivity index (χ1v) is 2.81. The van der Waals surface area contributed by atoms with Gasteiger partial charge in [0.1, 0.15) is 0 Å². The molecule has 0 radical (unpaired) electrons. The van der Waals surface area contributed by atoms with Crippen LogP contribution in [-0.4, -0.2) is 6.54 Å². The van der Waals surface area contributed by atoms with Crippen LogP contribution in [0.4, 0.5) is 0 Å². The van der Waals surface area contributed by atoms with Gasteiger partial charge in [0.05, 0.1) is 6.54 Å². The van der Waals surface area contributed by atoms with Gasteiger partial charge in [-0.1, -0.05) is 23.4 Å². The summed E-state index contributed by atoms with van der Waals surface area (Å²) in [6.45, 7) is 0.718. The zero-order valence-corrected chi connectivity index (χ0v) is 5.13. The molecule has 0 saturated carbocycles. The number of allylic oxidation sites excluding steroid dienone is 1. The number of hydrogen-bond acceptors (Lipinski definition) is 1. The number of nitrogens with one attached hydrogen (secondary N) is 1. The zero-order chi connectivity index (χ0) is 5.82. The molecule has 0 aromatic carbocycles. The lowest BCUT2D eigenvalue weighted by molar-refractivity contribution is 1.01. The Bertz CT molecular complexity index is 161.